The lowest BCUT2D eigenvalue weighted by molar-refractivity contribution is -0.139. The van der Waals surface area contributed by atoms with Gasteiger partial charge in [-0.25, -0.2) is 0 Å². The Labute approximate surface area is 123 Å². The zero-order chi connectivity index (χ0) is 15.7. The number of ether oxygens (including phenoxy) is 1. The Balaban J connectivity index is 3.46. The van der Waals surface area contributed by atoms with Crippen molar-refractivity contribution in [3.63, 3.8) is 0 Å². The van der Waals surface area contributed by atoms with Gasteiger partial charge in [0.05, 0.1) is 13.5 Å². The Morgan fingerprint density at radius 1 is 1.00 bits per heavy atom. The third kappa shape index (κ3) is 3.84. The molecule has 0 atom stereocenters. The third-order valence-corrected chi connectivity index (χ3v) is 3.66. The van der Waals surface area contributed by atoms with Crippen molar-refractivity contribution in [2.75, 3.05) is 7.11 Å². The lowest BCUT2D eigenvalue weighted by atomic mass is 9.75. The molecule has 112 valence electrons. The van der Waals surface area contributed by atoms with E-state index < -0.39 is 0 Å². The first-order valence-electron chi connectivity index (χ1n) is 7.18. The van der Waals surface area contributed by atoms with E-state index in [1.807, 2.05) is 0 Å². The second-order valence-electron chi connectivity index (χ2n) is 7.57. The predicted molar refractivity (Wildman–Crippen MR) is 84.3 cm³/mol. The van der Waals surface area contributed by atoms with Gasteiger partial charge in [-0.15, -0.1) is 0 Å². The second-order valence-corrected chi connectivity index (χ2v) is 7.57. The average Bonchev–Trinajstić information content (AvgIpc) is 2.28. The van der Waals surface area contributed by atoms with Crippen LogP contribution in [0.4, 0.5) is 0 Å². The number of carbonyl (C=O) groups excluding carboxylic acids is 1. The van der Waals surface area contributed by atoms with Crippen LogP contribution in [0.5, 0.6) is 0 Å². The first-order chi connectivity index (χ1) is 8.96. The molecule has 0 fully saturated rings. The van der Waals surface area contributed by atoms with Crippen LogP contribution in [-0.2, 0) is 26.8 Å². The van der Waals surface area contributed by atoms with Crippen LogP contribution in [0.2, 0.25) is 0 Å². The number of benzene rings is 1. The van der Waals surface area contributed by atoms with E-state index in [0.29, 0.717) is 6.42 Å². The summed E-state index contributed by atoms with van der Waals surface area (Å²) >= 11 is 0. The Morgan fingerprint density at radius 3 is 1.70 bits per heavy atom. The van der Waals surface area contributed by atoms with E-state index >= 15 is 0 Å². The summed E-state index contributed by atoms with van der Waals surface area (Å²) in [5.41, 5.74) is 5.12. The molecular weight excluding hydrogens is 248 g/mol. The highest BCUT2D eigenvalue weighted by Gasteiger charge is 2.24. The minimum absolute atomic E-state index is 0.0657. The Hall–Kier alpha value is -1.31. The monoisotopic (exact) mass is 276 g/mol. The molecule has 0 saturated heterocycles. The fraction of sp³-hybridized carbons (Fsp3) is 0.611. The van der Waals surface area contributed by atoms with Gasteiger partial charge < -0.3 is 4.74 Å². The first-order valence-corrected chi connectivity index (χ1v) is 7.18. The topological polar surface area (TPSA) is 26.3 Å². The van der Waals surface area contributed by atoms with Crippen molar-refractivity contribution in [3.8, 4) is 0 Å². The molecule has 1 aromatic carbocycles. The largest absolute Gasteiger partial charge is 0.469 e. The first kappa shape index (κ1) is 16.7. The van der Waals surface area contributed by atoms with E-state index in [1.165, 1.54) is 23.8 Å². The molecule has 0 aliphatic rings. The van der Waals surface area contributed by atoms with Crippen molar-refractivity contribution >= 4 is 5.97 Å². The van der Waals surface area contributed by atoms with Crippen LogP contribution in [0.1, 0.15) is 63.8 Å². The molecule has 0 spiro atoms. The zero-order valence-electron chi connectivity index (χ0n) is 14.2. The van der Waals surface area contributed by atoms with Gasteiger partial charge in [0.1, 0.15) is 0 Å². The number of esters is 1. The van der Waals surface area contributed by atoms with Gasteiger partial charge in [0.2, 0.25) is 0 Å². The van der Waals surface area contributed by atoms with E-state index in [9.17, 15) is 4.79 Å². The maximum absolute atomic E-state index is 11.6. The molecule has 0 saturated carbocycles. The summed E-state index contributed by atoms with van der Waals surface area (Å²) < 4.78 is 4.80. The molecule has 0 unspecified atom stereocenters. The molecule has 0 aliphatic carbocycles. The summed E-state index contributed by atoms with van der Waals surface area (Å²) in [5.74, 6) is -0.187. The van der Waals surface area contributed by atoms with Crippen LogP contribution in [0, 0.1) is 6.92 Å². The van der Waals surface area contributed by atoms with Gasteiger partial charge in [0.25, 0.3) is 0 Å². The number of rotatable bonds is 2. The number of methoxy groups -OCH3 is 1. The van der Waals surface area contributed by atoms with Crippen molar-refractivity contribution in [2.45, 2.75) is 65.7 Å². The highest BCUT2D eigenvalue weighted by Crippen LogP contribution is 2.34. The Morgan fingerprint density at radius 2 is 1.40 bits per heavy atom. The van der Waals surface area contributed by atoms with Gasteiger partial charge in [0.15, 0.2) is 0 Å². The van der Waals surface area contributed by atoms with Gasteiger partial charge in [-0.1, -0.05) is 53.7 Å². The second kappa shape index (κ2) is 5.59. The van der Waals surface area contributed by atoms with Gasteiger partial charge in [-0.2, -0.15) is 0 Å². The summed E-state index contributed by atoms with van der Waals surface area (Å²) in [7, 11) is 1.44. The van der Waals surface area contributed by atoms with E-state index in [4.69, 9.17) is 4.74 Å². The molecule has 0 aromatic heterocycles. The predicted octanol–water partition coefficient (Wildman–Crippen LogP) is 4.31. The molecule has 0 radical (unpaired) electrons. The average molecular weight is 276 g/mol. The number of hydrogen-bond acceptors (Lipinski definition) is 2. The fourth-order valence-electron chi connectivity index (χ4n) is 2.67. The SMILES string of the molecule is COC(=O)Cc1cc(C(C)(C)C)c(C)c(C(C)(C)C)c1. The Bertz CT molecular complexity index is 464. The van der Waals surface area contributed by atoms with Gasteiger partial charge in [0, 0.05) is 0 Å². The molecule has 0 N–H and O–H groups in total. The van der Waals surface area contributed by atoms with Gasteiger partial charge in [-0.3, -0.25) is 4.79 Å². The Kier molecular flexibility index (Phi) is 4.68. The number of hydrogen-bond donors (Lipinski definition) is 0. The molecule has 20 heavy (non-hydrogen) atoms. The lowest BCUT2D eigenvalue weighted by Gasteiger charge is -2.29. The lowest BCUT2D eigenvalue weighted by Crippen LogP contribution is -2.21. The minimum atomic E-state index is -0.187. The summed E-state index contributed by atoms with van der Waals surface area (Å²) in [4.78, 5) is 11.6. The van der Waals surface area contributed by atoms with Crippen LogP contribution >= 0.6 is 0 Å². The molecule has 1 aromatic rings. The smallest absolute Gasteiger partial charge is 0.309 e. The number of carbonyl (C=O) groups is 1. The molecule has 0 bridgehead atoms. The zero-order valence-corrected chi connectivity index (χ0v) is 14.2. The van der Waals surface area contributed by atoms with Crippen molar-refractivity contribution in [2.24, 2.45) is 0 Å². The molecular formula is C18H28O2. The summed E-state index contributed by atoms with van der Waals surface area (Å²) in [5, 5.41) is 0. The van der Waals surface area contributed by atoms with E-state index in [2.05, 4.69) is 60.6 Å². The highest BCUT2D eigenvalue weighted by atomic mass is 16.5. The van der Waals surface area contributed by atoms with Crippen LogP contribution in [0.25, 0.3) is 0 Å². The molecule has 0 aliphatic heterocycles. The van der Waals surface area contributed by atoms with E-state index in [0.717, 1.165) is 5.56 Å². The van der Waals surface area contributed by atoms with Crippen molar-refractivity contribution in [1.29, 1.82) is 0 Å². The van der Waals surface area contributed by atoms with Crippen LogP contribution in [-0.4, -0.2) is 13.1 Å². The van der Waals surface area contributed by atoms with E-state index in [-0.39, 0.29) is 16.8 Å². The maximum atomic E-state index is 11.6. The quantitative estimate of drug-likeness (QED) is 0.753. The summed E-state index contributed by atoms with van der Waals surface area (Å²) in [6, 6.07) is 4.31. The van der Waals surface area contributed by atoms with Crippen molar-refractivity contribution in [1.82, 2.24) is 0 Å². The highest BCUT2D eigenvalue weighted by molar-refractivity contribution is 5.72. The standard InChI is InChI=1S/C18H28O2/c1-12-14(17(2,3)4)9-13(11-16(19)20-8)10-15(12)18(5,6)7/h9-10H,11H2,1-8H3. The normalized spacial score (nSPS) is 12.4. The van der Waals surface area contributed by atoms with Crippen molar-refractivity contribution in [3.05, 3.63) is 34.4 Å². The molecule has 0 heterocycles. The molecule has 0 amide bonds. The third-order valence-electron chi connectivity index (χ3n) is 3.66. The van der Waals surface area contributed by atoms with Crippen molar-refractivity contribution < 1.29 is 9.53 Å². The summed E-state index contributed by atoms with van der Waals surface area (Å²) in [6.45, 7) is 15.5. The fourth-order valence-corrected chi connectivity index (χ4v) is 2.67. The van der Waals surface area contributed by atoms with Crippen LogP contribution in [0.3, 0.4) is 0 Å². The minimum Gasteiger partial charge on any atom is -0.469 e. The van der Waals surface area contributed by atoms with Gasteiger partial charge in [-0.05, 0) is 40.0 Å². The molecule has 2 heteroatoms. The van der Waals surface area contributed by atoms with Gasteiger partial charge >= 0.3 is 5.97 Å². The summed E-state index contributed by atoms with van der Waals surface area (Å²) in [6.07, 6.45) is 0.336. The van der Waals surface area contributed by atoms with Crippen LogP contribution in [0.15, 0.2) is 12.1 Å². The van der Waals surface area contributed by atoms with E-state index in [1.54, 1.807) is 0 Å². The maximum Gasteiger partial charge on any atom is 0.309 e. The van der Waals surface area contributed by atoms with Crippen LogP contribution < -0.4 is 0 Å². The molecule has 1 rings (SSSR count). The molecule has 2 nitrogen and oxygen atoms in total.